The van der Waals surface area contributed by atoms with Crippen LogP contribution in [-0.4, -0.2) is 46.7 Å². The maximum absolute atomic E-state index is 12.8. The number of carbonyl (C=O) groups excluding carboxylic acids is 1. The van der Waals surface area contributed by atoms with Crippen molar-refractivity contribution in [2.24, 2.45) is 0 Å². The molecule has 0 saturated carbocycles. The fourth-order valence-electron chi connectivity index (χ4n) is 2.62. The normalized spacial score (nSPS) is 13.7. The Morgan fingerprint density at radius 1 is 1.24 bits per heavy atom. The number of allylic oxidation sites excluding steroid dienone is 3. The van der Waals surface area contributed by atoms with Crippen LogP contribution in [0.3, 0.4) is 0 Å². The Hall–Kier alpha value is -2.84. The molecule has 0 aromatic carbocycles. The molecule has 3 rings (SSSR count). The van der Waals surface area contributed by atoms with E-state index in [1.807, 2.05) is 42.5 Å². The molecular formula is C20H23ClN6O2+. The Balaban J connectivity index is 1.85. The van der Waals surface area contributed by atoms with E-state index in [2.05, 4.69) is 19.9 Å². The number of carbonyl (C=O) groups is 1. The first-order valence-electron chi connectivity index (χ1n) is 9.22. The van der Waals surface area contributed by atoms with Crippen LogP contribution in [0.25, 0.3) is 0 Å². The first-order valence-corrected chi connectivity index (χ1v) is 9.60. The Labute approximate surface area is 175 Å². The van der Waals surface area contributed by atoms with E-state index in [4.69, 9.17) is 16.3 Å². The van der Waals surface area contributed by atoms with Crippen molar-refractivity contribution in [3.8, 4) is 0 Å². The van der Waals surface area contributed by atoms with Crippen LogP contribution in [0.5, 0.6) is 0 Å². The molecule has 0 bridgehead atoms. The van der Waals surface area contributed by atoms with Gasteiger partial charge in [-0.1, -0.05) is 6.08 Å². The number of hydrogen-bond acceptors (Lipinski definition) is 7. The summed E-state index contributed by atoms with van der Waals surface area (Å²) < 4.78 is 5.16. The number of halogens is 1. The van der Waals surface area contributed by atoms with E-state index in [1.165, 1.54) is 0 Å². The summed E-state index contributed by atoms with van der Waals surface area (Å²) in [6, 6.07) is 3.85. The first kappa shape index (κ1) is 20.9. The molecule has 2 aromatic heterocycles. The van der Waals surface area contributed by atoms with Crippen molar-refractivity contribution >= 4 is 29.6 Å². The van der Waals surface area contributed by atoms with Crippen LogP contribution in [0.2, 0.25) is 5.28 Å². The van der Waals surface area contributed by atoms with Crippen molar-refractivity contribution in [2.75, 3.05) is 25.5 Å². The second kappa shape index (κ2) is 9.11. The van der Waals surface area contributed by atoms with E-state index in [-0.39, 0.29) is 15.7 Å². The third-order valence-corrected chi connectivity index (χ3v) is 4.55. The van der Waals surface area contributed by atoms with Crippen molar-refractivity contribution in [3.63, 3.8) is 0 Å². The number of amides is 1. The largest absolute Gasteiger partial charge is 0.528 e. The van der Waals surface area contributed by atoms with Gasteiger partial charge in [0.2, 0.25) is 11.2 Å². The minimum absolute atomic E-state index is 0.0172. The number of ether oxygens (including phenoxy) is 1. The summed E-state index contributed by atoms with van der Waals surface area (Å²) >= 11 is 6.17. The summed E-state index contributed by atoms with van der Waals surface area (Å²) in [5.41, 5.74) is 1.06. The standard InChI is InChI=1S/C20H23ClN6O2/c1-4-26(14-15-10-12-22-13-11-15)18-23-17(21)24-19(25-18)27(2,3)20(28)29-16-8-6-5-7-9-16/h5-6,8-13H,4,7,14H2,1-3H3/q+1. The van der Waals surface area contributed by atoms with Crippen molar-refractivity contribution in [2.45, 2.75) is 19.9 Å². The molecular weight excluding hydrogens is 392 g/mol. The molecule has 1 amide bonds. The topological polar surface area (TPSA) is 81.1 Å². The van der Waals surface area contributed by atoms with Gasteiger partial charge in [-0.05, 0) is 61.2 Å². The van der Waals surface area contributed by atoms with Crippen LogP contribution in [0, 0.1) is 6.42 Å². The predicted molar refractivity (Wildman–Crippen MR) is 112 cm³/mol. The fourth-order valence-corrected chi connectivity index (χ4v) is 2.77. The summed E-state index contributed by atoms with van der Waals surface area (Å²) in [5.74, 6) is 1.09. The van der Waals surface area contributed by atoms with Crippen molar-refractivity contribution in [1.29, 1.82) is 0 Å². The quantitative estimate of drug-likeness (QED) is 0.666. The average Bonchev–Trinajstić information content (AvgIpc) is 2.73. The van der Waals surface area contributed by atoms with Crippen LogP contribution in [0.4, 0.5) is 16.7 Å². The zero-order valence-corrected chi connectivity index (χ0v) is 17.4. The second-order valence-electron chi connectivity index (χ2n) is 6.83. The van der Waals surface area contributed by atoms with E-state index in [9.17, 15) is 4.79 Å². The number of aromatic nitrogens is 4. The molecule has 0 N–H and O–H groups in total. The average molecular weight is 415 g/mol. The van der Waals surface area contributed by atoms with Crippen molar-refractivity contribution < 1.29 is 9.53 Å². The number of anilines is 1. The monoisotopic (exact) mass is 414 g/mol. The summed E-state index contributed by atoms with van der Waals surface area (Å²) in [6.45, 7) is 3.21. The predicted octanol–water partition coefficient (Wildman–Crippen LogP) is 3.70. The van der Waals surface area contributed by atoms with E-state index < -0.39 is 6.09 Å². The highest BCUT2D eigenvalue weighted by molar-refractivity contribution is 6.28. The molecule has 9 heteroatoms. The van der Waals surface area contributed by atoms with Crippen LogP contribution in [0.15, 0.2) is 48.5 Å². The summed E-state index contributed by atoms with van der Waals surface area (Å²) in [6.07, 6.45) is 11.0. The molecule has 1 aliphatic rings. The molecule has 8 nitrogen and oxygen atoms in total. The lowest BCUT2D eigenvalue weighted by Gasteiger charge is -2.25. The highest BCUT2D eigenvalue weighted by atomic mass is 35.5. The van der Waals surface area contributed by atoms with Crippen LogP contribution < -0.4 is 9.38 Å². The number of nitrogens with zero attached hydrogens (tertiary/aromatic N) is 6. The molecule has 151 valence electrons. The third kappa shape index (κ3) is 5.16. The Bertz CT molecular complexity index is 930. The molecule has 0 aliphatic heterocycles. The van der Waals surface area contributed by atoms with E-state index in [1.54, 1.807) is 32.6 Å². The molecule has 29 heavy (non-hydrogen) atoms. The molecule has 1 radical (unpaired) electrons. The van der Waals surface area contributed by atoms with E-state index >= 15 is 0 Å². The summed E-state index contributed by atoms with van der Waals surface area (Å²) in [5, 5.41) is 0.0172. The maximum atomic E-state index is 12.8. The zero-order chi connectivity index (χ0) is 20.9. The van der Waals surface area contributed by atoms with Gasteiger partial charge in [-0.25, -0.2) is 0 Å². The van der Waals surface area contributed by atoms with Gasteiger partial charge in [-0.2, -0.15) is 14.3 Å². The minimum atomic E-state index is -0.520. The van der Waals surface area contributed by atoms with Gasteiger partial charge in [-0.15, -0.1) is 9.97 Å². The highest BCUT2D eigenvalue weighted by Gasteiger charge is 2.37. The maximum Gasteiger partial charge on any atom is 0.528 e. The van der Waals surface area contributed by atoms with Crippen molar-refractivity contribution in [3.05, 3.63) is 65.8 Å². The van der Waals surface area contributed by atoms with Crippen LogP contribution in [-0.2, 0) is 11.3 Å². The van der Waals surface area contributed by atoms with Gasteiger partial charge in [0.15, 0.2) is 0 Å². The molecule has 2 aromatic rings. The van der Waals surface area contributed by atoms with Crippen LogP contribution in [0.1, 0.15) is 18.9 Å². The highest BCUT2D eigenvalue weighted by Crippen LogP contribution is 2.23. The van der Waals surface area contributed by atoms with Gasteiger partial charge >= 0.3 is 12.0 Å². The van der Waals surface area contributed by atoms with Gasteiger partial charge < -0.3 is 9.64 Å². The number of pyridine rings is 1. The van der Waals surface area contributed by atoms with Gasteiger partial charge in [0.25, 0.3) is 0 Å². The third-order valence-electron chi connectivity index (χ3n) is 4.39. The van der Waals surface area contributed by atoms with E-state index in [0.717, 1.165) is 12.0 Å². The van der Waals surface area contributed by atoms with Crippen LogP contribution >= 0.6 is 11.6 Å². The number of rotatable bonds is 6. The SMILES string of the molecule is CCN(Cc1ccncc1)c1nc(Cl)nc([N+](C)(C)C(=O)OC2=CC[CH]C=C2)n1. The van der Waals surface area contributed by atoms with Gasteiger partial charge in [-0.3, -0.25) is 4.98 Å². The molecule has 2 heterocycles. The minimum Gasteiger partial charge on any atom is -0.381 e. The van der Waals surface area contributed by atoms with Gasteiger partial charge in [0, 0.05) is 25.5 Å². The summed E-state index contributed by atoms with van der Waals surface area (Å²) in [4.78, 5) is 31.7. The first-order chi connectivity index (χ1) is 13.9. The van der Waals surface area contributed by atoms with Crippen molar-refractivity contribution in [1.82, 2.24) is 24.4 Å². The van der Waals surface area contributed by atoms with Gasteiger partial charge in [0.05, 0.1) is 14.1 Å². The molecule has 0 unspecified atom stereocenters. The lowest BCUT2D eigenvalue weighted by atomic mass is 10.2. The number of quaternary nitrogens is 1. The molecule has 0 spiro atoms. The Morgan fingerprint density at radius 2 is 2.00 bits per heavy atom. The lowest BCUT2D eigenvalue weighted by Crippen LogP contribution is -2.48. The molecule has 1 aliphatic carbocycles. The molecule has 0 atom stereocenters. The van der Waals surface area contributed by atoms with Gasteiger partial charge in [0.1, 0.15) is 5.76 Å². The number of hydrogen-bond donors (Lipinski definition) is 0. The van der Waals surface area contributed by atoms with E-state index in [0.29, 0.717) is 24.8 Å². The smallest absolute Gasteiger partial charge is 0.381 e. The molecule has 0 saturated heterocycles. The summed E-state index contributed by atoms with van der Waals surface area (Å²) in [7, 11) is 3.30. The lowest BCUT2D eigenvalue weighted by molar-refractivity contribution is 0.148. The molecule has 0 fully saturated rings. The Kier molecular flexibility index (Phi) is 6.56. The Morgan fingerprint density at radius 3 is 2.66 bits per heavy atom. The second-order valence-corrected chi connectivity index (χ2v) is 7.17. The fraction of sp³-hybridized carbons (Fsp3) is 0.300. The zero-order valence-electron chi connectivity index (χ0n) is 16.6.